The van der Waals surface area contributed by atoms with E-state index >= 15 is 0 Å². The number of benzene rings is 2. The Morgan fingerprint density at radius 3 is 2.32 bits per heavy atom. The molecule has 0 atom stereocenters. The molecule has 0 aromatic heterocycles. The van der Waals surface area contributed by atoms with Gasteiger partial charge in [-0.1, -0.05) is 6.07 Å². The van der Waals surface area contributed by atoms with E-state index < -0.39 is 11.9 Å². The molecular weight excluding hydrogens is 362 g/mol. The number of nitrogens with one attached hydrogen (secondary N) is 1. The second-order valence-corrected chi connectivity index (χ2v) is 5.86. The van der Waals surface area contributed by atoms with Crippen molar-refractivity contribution in [1.29, 1.82) is 0 Å². The molecule has 2 rings (SSSR count). The van der Waals surface area contributed by atoms with Crippen molar-refractivity contribution >= 4 is 17.6 Å². The zero-order valence-electron chi connectivity index (χ0n) is 16.3. The van der Waals surface area contributed by atoms with E-state index in [4.69, 9.17) is 18.9 Å². The second kappa shape index (κ2) is 10.8. The van der Waals surface area contributed by atoms with Crippen LogP contribution < -0.4 is 19.5 Å². The van der Waals surface area contributed by atoms with Gasteiger partial charge in [0.2, 0.25) is 0 Å². The summed E-state index contributed by atoms with van der Waals surface area (Å²) < 4.78 is 20.8. The molecule has 0 aliphatic carbocycles. The molecule has 0 saturated carbocycles. The standard InChI is InChI=1S/C21H25NO6/c1-4-27-17-9-7-16(8-10-17)22-20(23)14-28-21(24)12-6-15-5-11-18(25-2)19(13-15)26-3/h5,7-11,13H,4,6,12,14H2,1-3H3,(H,22,23). The van der Waals surface area contributed by atoms with E-state index in [-0.39, 0.29) is 13.0 Å². The normalized spacial score (nSPS) is 10.1. The van der Waals surface area contributed by atoms with Crippen LogP contribution in [0.25, 0.3) is 0 Å². The van der Waals surface area contributed by atoms with E-state index in [1.165, 1.54) is 0 Å². The number of carbonyl (C=O) groups excluding carboxylic acids is 2. The van der Waals surface area contributed by atoms with Crippen molar-refractivity contribution < 1.29 is 28.5 Å². The molecule has 0 spiro atoms. The van der Waals surface area contributed by atoms with E-state index in [1.54, 1.807) is 44.6 Å². The van der Waals surface area contributed by atoms with Crippen molar-refractivity contribution in [3.8, 4) is 17.2 Å². The molecule has 1 amide bonds. The van der Waals surface area contributed by atoms with E-state index in [2.05, 4.69) is 5.32 Å². The summed E-state index contributed by atoms with van der Waals surface area (Å²) in [6.07, 6.45) is 0.630. The molecule has 7 nitrogen and oxygen atoms in total. The molecular formula is C21H25NO6. The van der Waals surface area contributed by atoms with Crippen LogP contribution in [0.3, 0.4) is 0 Å². The lowest BCUT2D eigenvalue weighted by Gasteiger charge is -2.10. The summed E-state index contributed by atoms with van der Waals surface area (Å²) in [5.41, 5.74) is 1.52. The van der Waals surface area contributed by atoms with Gasteiger partial charge in [0.05, 0.1) is 20.8 Å². The minimum atomic E-state index is -0.448. The molecule has 0 unspecified atom stereocenters. The first-order valence-corrected chi connectivity index (χ1v) is 8.95. The topological polar surface area (TPSA) is 83.1 Å². The Kier molecular flexibility index (Phi) is 8.14. The van der Waals surface area contributed by atoms with Crippen LogP contribution in [0.1, 0.15) is 18.9 Å². The molecule has 28 heavy (non-hydrogen) atoms. The highest BCUT2D eigenvalue weighted by Gasteiger charge is 2.10. The molecule has 150 valence electrons. The maximum absolute atomic E-state index is 11.9. The summed E-state index contributed by atoms with van der Waals surface area (Å²) in [6.45, 7) is 2.14. The van der Waals surface area contributed by atoms with Crippen molar-refractivity contribution in [2.45, 2.75) is 19.8 Å². The van der Waals surface area contributed by atoms with Crippen LogP contribution in [0, 0.1) is 0 Å². The summed E-state index contributed by atoms with van der Waals surface area (Å²) in [6, 6.07) is 12.4. The molecule has 0 heterocycles. The molecule has 0 bridgehead atoms. The minimum Gasteiger partial charge on any atom is -0.494 e. The van der Waals surface area contributed by atoms with E-state index in [1.807, 2.05) is 19.1 Å². The Bertz CT molecular complexity index is 788. The first-order valence-electron chi connectivity index (χ1n) is 8.95. The summed E-state index contributed by atoms with van der Waals surface area (Å²) in [5, 5.41) is 2.67. The number of aryl methyl sites for hydroxylation is 1. The predicted octanol–water partition coefficient (Wildman–Crippen LogP) is 3.22. The molecule has 0 saturated heterocycles. The average Bonchev–Trinajstić information content (AvgIpc) is 2.72. The van der Waals surface area contributed by atoms with Crippen molar-refractivity contribution in [2.24, 2.45) is 0 Å². The zero-order chi connectivity index (χ0) is 20.4. The molecule has 2 aromatic carbocycles. The molecule has 0 fully saturated rings. The van der Waals surface area contributed by atoms with E-state index in [0.717, 1.165) is 11.3 Å². The number of anilines is 1. The van der Waals surface area contributed by atoms with E-state index in [0.29, 0.717) is 30.2 Å². The first-order chi connectivity index (χ1) is 13.5. The number of carbonyl (C=O) groups is 2. The zero-order valence-corrected chi connectivity index (χ0v) is 16.3. The van der Waals surface area contributed by atoms with Crippen LogP contribution in [0.2, 0.25) is 0 Å². The van der Waals surface area contributed by atoms with Gasteiger partial charge in [0, 0.05) is 12.1 Å². The Hall–Kier alpha value is -3.22. The van der Waals surface area contributed by atoms with Crippen molar-refractivity contribution in [2.75, 3.05) is 32.8 Å². The molecule has 1 N–H and O–H groups in total. The maximum atomic E-state index is 11.9. The Morgan fingerprint density at radius 2 is 1.68 bits per heavy atom. The average molecular weight is 387 g/mol. The van der Waals surface area contributed by atoms with Crippen LogP contribution in [-0.2, 0) is 20.7 Å². The Labute approximate surface area is 164 Å². The summed E-state index contributed by atoms with van der Waals surface area (Å²) in [4.78, 5) is 23.8. The molecule has 0 aliphatic rings. The van der Waals surface area contributed by atoms with Crippen molar-refractivity contribution in [1.82, 2.24) is 0 Å². The smallest absolute Gasteiger partial charge is 0.306 e. The van der Waals surface area contributed by atoms with Gasteiger partial charge in [-0.2, -0.15) is 0 Å². The highest BCUT2D eigenvalue weighted by atomic mass is 16.5. The number of methoxy groups -OCH3 is 2. The second-order valence-electron chi connectivity index (χ2n) is 5.86. The lowest BCUT2D eigenvalue weighted by atomic mass is 10.1. The van der Waals surface area contributed by atoms with Gasteiger partial charge in [-0.15, -0.1) is 0 Å². The number of hydrogen-bond donors (Lipinski definition) is 1. The maximum Gasteiger partial charge on any atom is 0.306 e. The number of ether oxygens (including phenoxy) is 4. The van der Waals surface area contributed by atoms with Gasteiger partial charge in [0.1, 0.15) is 5.75 Å². The highest BCUT2D eigenvalue weighted by Crippen LogP contribution is 2.28. The van der Waals surface area contributed by atoms with Gasteiger partial charge in [0.25, 0.3) is 5.91 Å². The number of esters is 1. The summed E-state index contributed by atoms with van der Waals surface area (Å²) >= 11 is 0. The minimum absolute atomic E-state index is 0.159. The highest BCUT2D eigenvalue weighted by molar-refractivity contribution is 5.92. The van der Waals surface area contributed by atoms with Crippen LogP contribution in [0.15, 0.2) is 42.5 Å². The molecule has 0 aliphatic heterocycles. The molecule has 7 heteroatoms. The van der Waals surface area contributed by atoms with Gasteiger partial charge < -0.3 is 24.3 Å². The van der Waals surface area contributed by atoms with Crippen molar-refractivity contribution in [3.05, 3.63) is 48.0 Å². The fourth-order valence-corrected chi connectivity index (χ4v) is 2.50. The number of hydrogen-bond acceptors (Lipinski definition) is 6. The van der Waals surface area contributed by atoms with Gasteiger partial charge in [-0.3, -0.25) is 9.59 Å². The van der Waals surface area contributed by atoms with Crippen LogP contribution >= 0.6 is 0 Å². The van der Waals surface area contributed by atoms with E-state index in [9.17, 15) is 9.59 Å². The Morgan fingerprint density at radius 1 is 0.964 bits per heavy atom. The quantitative estimate of drug-likeness (QED) is 0.631. The summed E-state index contributed by atoms with van der Waals surface area (Å²) in [5.74, 6) is 1.10. The number of amides is 1. The summed E-state index contributed by atoms with van der Waals surface area (Å²) in [7, 11) is 3.12. The van der Waals surface area contributed by atoms with Gasteiger partial charge >= 0.3 is 5.97 Å². The Balaban J connectivity index is 1.75. The lowest BCUT2D eigenvalue weighted by Crippen LogP contribution is -2.21. The lowest BCUT2D eigenvalue weighted by molar-refractivity contribution is -0.147. The molecule has 0 radical (unpaired) electrons. The molecule has 2 aromatic rings. The van der Waals surface area contributed by atoms with Gasteiger partial charge in [-0.05, 0) is 55.3 Å². The van der Waals surface area contributed by atoms with Gasteiger partial charge in [0.15, 0.2) is 18.1 Å². The SMILES string of the molecule is CCOc1ccc(NC(=O)COC(=O)CCc2ccc(OC)c(OC)c2)cc1. The van der Waals surface area contributed by atoms with Gasteiger partial charge in [-0.25, -0.2) is 0 Å². The van der Waals surface area contributed by atoms with Crippen LogP contribution in [0.5, 0.6) is 17.2 Å². The third-order valence-corrected chi connectivity index (χ3v) is 3.88. The predicted molar refractivity (Wildman–Crippen MR) is 105 cm³/mol. The van der Waals surface area contributed by atoms with Crippen LogP contribution in [-0.4, -0.2) is 39.3 Å². The third-order valence-electron chi connectivity index (χ3n) is 3.88. The largest absolute Gasteiger partial charge is 0.494 e. The fraction of sp³-hybridized carbons (Fsp3) is 0.333. The van der Waals surface area contributed by atoms with Crippen molar-refractivity contribution in [3.63, 3.8) is 0 Å². The number of rotatable bonds is 10. The monoisotopic (exact) mass is 387 g/mol. The van der Waals surface area contributed by atoms with Crippen LogP contribution in [0.4, 0.5) is 5.69 Å². The fourth-order valence-electron chi connectivity index (χ4n) is 2.50. The first kappa shape index (κ1) is 21.1. The third kappa shape index (κ3) is 6.50.